The van der Waals surface area contributed by atoms with Crippen LogP contribution in [0.3, 0.4) is 0 Å². The van der Waals surface area contributed by atoms with E-state index in [4.69, 9.17) is 10.6 Å². The minimum atomic E-state index is -0.388. The van der Waals surface area contributed by atoms with E-state index in [-0.39, 0.29) is 17.1 Å². The number of ether oxygens (including phenoxy) is 1. The molecule has 128 valence electrons. The fourth-order valence-electron chi connectivity index (χ4n) is 1.89. The maximum absolute atomic E-state index is 12.4. The number of hydrogen-bond donors (Lipinski definition) is 2. The molecule has 2 aromatic rings. The summed E-state index contributed by atoms with van der Waals surface area (Å²) in [5.74, 6) is 4.89. The second-order valence-electron chi connectivity index (χ2n) is 4.81. The van der Waals surface area contributed by atoms with Crippen molar-refractivity contribution in [1.29, 1.82) is 0 Å². The topological polar surface area (TPSA) is 112 Å². The van der Waals surface area contributed by atoms with Gasteiger partial charge in [0.2, 0.25) is 11.1 Å². The molecule has 1 atom stereocenters. The smallest absolute Gasteiger partial charge is 0.338 e. The zero-order valence-corrected chi connectivity index (χ0v) is 14.2. The van der Waals surface area contributed by atoms with Crippen LogP contribution in [-0.2, 0) is 9.53 Å². The number of esters is 1. The lowest BCUT2D eigenvalue weighted by atomic mass is 10.2. The number of amides is 1. The number of benzene rings is 1. The van der Waals surface area contributed by atoms with Crippen LogP contribution >= 0.6 is 11.8 Å². The summed E-state index contributed by atoms with van der Waals surface area (Å²) < 4.78 is 4.92. The number of hydrogen-bond acceptors (Lipinski definition) is 7. The van der Waals surface area contributed by atoms with E-state index in [1.807, 2.05) is 6.92 Å². The Morgan fingerprint density at radius 2 is 2.04 bits per heavy atom. The van der Waals surface area contributed by atoms with Gasteiger partial charge >= 0.3 is 5.97 Å². The van der Waals surface area contributed by atoms with Crippen molar-refractivity contribution in [1.82, 2.24) is 14.9 Å². The fraction of sp³-hybridized carbons (Fsp3) is 0.333. The molecular weight excluding hydrogens is 330 g/mol. The number of anilines is 1. The number of thioether (sulfide) groups is 1. The summed E-state index contributed by atoms with van der Waals surface area (Å²) in [7, 11) is 0. The summed E-state index contributed by atoms with van der Waals surface area (Å²) in [4.78, 5) is 29.1. The van der Waals surface area contributed by atoms with Gasteiger partial charge in [-0.1, -0.05) is 18.7 Å². The summed E-state index contributed by atoms with van der Waals surface area (Å²) >= 11 is 1.24. The Morgan fingerprint density at radius 3 is 2.58 bits per heavy atom. The van der Waals surface area contributed by atoms with Crippen LogP contribution in [0.5, 0.6) is 0 Å². The van der Waals surface area contributed by atoms with Crippen molar-refractivity contribution < 1.29 is 14.3 Å². The number of nitrogen functional groups attached to an aromatic ring is 1. The molecular formula is C15H19N5O3S. The van der Waals surface area contributed by atoms with E-state index >= 15 is 0 Å². The van der Waals surface area contributed by atoms with Crippen LogP contribution in [0.25, 0.3) is 0 Å². The van der Waals surface area contributed by atoms with Crippen molar-refractivity contribution in [3.63, 3.8) is 0 Å². The summed E-state index contributed by atoms with van der Waals surface area (Å²) in [6, 6.07) is 6.54. The lowest BCUT2D eigenvalue weighted by Gasteiger charge is -2.13. The van der Waals surface area contributed by atoms with Crippen LogP contribution in [0.1, 0.15) is 30.6 Å². The average molecular weight is 349 g/mol. The lowest BCUT2D eigenvalue weighted by molar-refractivity contribution is -0.115. The lowest BCUT2D eigenvalue weighted by Crippen LogP contribution is -2.24. The van der Waals surface area contributed by atoms with Gasteiger partial charge in [0, 0.05) is 5.69 Å². The van der Waals surface area contributed by atoms with Gasteiger partial charge in [-0.05, 0) is 37.6 Å². The Kier molecular flexibility index (Phi) is 6.19. The molecule has 0 saturated heterocycles. The third-order valence-electron chi connectivity index (χ3n) is 3.06. The van der Waals surface area contributed by atoms with Crippen molar-refractivity contribution >= 4 is 29.3 Å². The molecule has 2 rings (SSSR count). The van der Waals surface area contributed by atoms with Gasteiger partial charge in [-0.25, -0.2) is 9.78 Å². The highest BCUT2D eigenvalue weighted by Crippen LogP contribution is 2.23. The fourth-order valence-corrected chi connectivity index (χ4v) is 2.73. The van der Waals surface area contributed by atoms with Crippen LogP contribution in [0.4, 0.5) is 5.69 Å². The number of aromatic nitrogens is 3. The Balaban J connectivity index is 1.98. The van der Waals surface area contributed by atoms with Gasteiger partial charge in [0.25, 0.3) is 0 Å². The molecule has 1 aromatic heterocycles. The first-order valence-electron chi connectivity index (χ1n) is 7.45. The first kappa shape index (κ1) is 17.8. The van der Waals surface area contributed by atoms with Gasteiger partial charge in [-0.15, -0.1) is 5.10 Å². The van der Waals surface area contributed by atoms with E-state index in [1.165, 1.54) is 18.1 Å². The van der Waals surface area contributed by atoms with Crippen LogP contribution in [0.2, 0.25) is 0 Å². The number of carbonyl (C=O) groups excluding carboxylic acids is 2. The first-order valence-corrected chi connectivity index (χ1v) is 8.32. The Labute approximate surface area is 143 Å². The summed E-state index contributed by atoms with van der Waals surface area (Å²) in [6.45, 7) is 3.97. The molecule has 0 aliphatic rings. The van der Waals surface area contributed by atoms with Gasteiger partial charge < -0.3 is 15.9 Å². The molecule has 0 aliphatic carbocycles. The van der Waals surface area contributed by atoms with E-state index in [1.54, 1.807) is 31.2 Å². The molecule has 0 fully saturated rings. The Hall–Kier alpha value is -2.55. The first-order chi connectivity index (χ1) is 11.5. The number of nitrogens with zero attached hydrogens (tertiary/aromatic N) is 3. The third kappa shape index (κ3) is 4.72. The molecule has 8 nitrogen and oxygen atoms in total. The van der Waals surface area contributed by atoms with Crippen molar-refractivity contribution in [2.24, 2.45) is 0 Å². The molecule has 0 saturated carbocycles. The van der Waals surface area contributed by atoms with E-state index in [2.05, 4.69) is 15.4 Å². The number of nitrogens with two attached hydrogens (primary N) is 1. The highest BCUT2D eigenvalue weighted by atomic mass is 32.2. The summed E-state index contributed by atoms with van der Waals surface area (Å²) in [5.41, 5.74) is 1.04. The highest BCUT2D eigenvalue weighted by Gasteiger charge is 2.20. The molecule has 0 bridgehead atoms. The minimum absolute atomic E-state index is 0.167. The predicted octanol–water partition coefficient (Wildman–Crippen LogP) is 1.68. The number of carbonyl (C=O) groups is 2. The van der Waals surface area contributed by atoms with Gasteiger partial charge in [0.05, 0.1) is 17.4 Å². The highest BCUT2D eigenvalue weighted by molar-refractivity contribution is 8.00. The quantitative estimate of drug-likeness (QED) is 0.444. The van der Waals surface area contributed by atoms with Crippen LogP contribution < -0.4 is 11.2 Å². The SMILES string of the molecule is CCOC(=O)c1ccc(NC(=O)C(CC)Sc2ncn(N)n2)cc1. The van der Waals surface area contributed by atoms with Gasteiger partial charge in [0.1, 0.15) is 6.33 Å². The minimum Gasteiger partial charge on any atom is -0.462 e. The van der Waals surface area contributed by atoms with E-state index in [9.17, 15) is 9.59 Å². The van der Waals surface area contributed by atoms with Gasteiger partial charge in [0.15, 0.2) is 0 Å². The zero-order valence-electron chi connectivity index (χ0n) is 13.4. The zero-order chi connectivity index (χ0) is 17.5. The van der Waals surface area contributed by atoms with Gasteiger partial charge in [-0.3, -0.25) is 4.79 Å². The number of rotatable bonds is 7. The molecule has 1 aromatic carbocycles. The molecule has 0 spiro atoms. The molecule has 24 heavy (non-hydrogen) atoms. The predicted molar refractivity (Wildman–Crippen MR) is 91.1 cm³/mol. The van der Waals surface area contributed by atoms with Crippen LogP contribution in [0, 0.1) is 0 Å². The summed E-state index contributed by atoms with van der Waals surface area (Å²) in [5, 5.41) is 6.86. The van der Waals surface area contributed by atoms with Crippen LogP contribution in [0.15, 0.2) is 35.7 Å². The third-order valence-corrected chi connectivity index (χ3v) is 4.29. The second kappa shape index (κ2) is 8.34. The molecule has 1 unspecified atom stereocenters. The molecule has 1 amide bonds. The molecule has 9 heteroatoms. The normalized spacial score (nSPS) is 11.8. The monoisotopic (exact) mass is 349 g/mol. The second-order valence-corrected chi connectivity index (χ2v) is 5.98. The van der Waals surface area contributed by atoms with Gasteiger partial charge in [-0.2, -0.15) is 4.79 Å². The van der Waals surface area contributed by atoms with Crippen molar-refractivity contribution in [2.45, 2.75) is 30.7 Å². The molecule has 3 N–H and O–H groups in total. The Bertz CT molecular complexity index is 701. The van der Waals surface area contributed by atoms with E-state index < -0.39 is 0 Å². The standard InChI is InChI=1S/C15H19N5O3S/c1-3-12(24-15-17-9-20(16)19-15)13(21)18-11-7-5-10(6-8-11)14(22)23-4-2/h5-9,12H,3-4,16H2,1-2H3,(H,18,21). The maximum atomic E-state index is 12.4. The molecule has 0 aliphatic heterocycles. The van der Waals surface area contributed by atoms with E-state index in [0.29, 0.717) is 29.4 Å². The average Bonchev–Trinajstić information content (AvgIpc) is 2.98. The maximum Gasteiger partial charge on any atom is 0.338 e. The largest absolute Gasteiger partial charge is 0.462 e. The van der Waals surface area contributed by atoms with E-state index in [0.717, 1.165) is 4.79 Å². The summed E-state index contributed by atoms with van der Waals surface area (Å²) in [6.07, 6.45) is 1.98. The van der Waals surface area contributed by atoms with Crippen molar-refractivity contribution in [2.75, 3.05) is 17.8 Å². The van der Waals surface area contributed by atoms with Crippen molar-refractivity contribution in [3.8, 4) is 0 Å². The molecule has 0 radical (unpaired) electrons. The molecule has 1 heterocycles. The number of nitrogens with one attached hydrogen (secondary N) is 1. The van der Waals surface area contributed by atoms with Crippen LogP contribution in [-0.4, -0.2) is 38.6 Å². The Morgan fingerprint density at radius 1 is 1.33 bits per heavy atom. The van der Waals surface area contributed by atoms with Crippen molar-refractivity contribution in [3.05, 3.63) is 36.2 Å².